The predicted molar refractivity (Wildman–Crippen MR) is 147 cm³/mol. The molecule has 166 valence electrons. The van der Waals surface area contributed by atoms with Gasteiger partial charge in [0.05, 0.1) is 0 Å². The molecule has 0 fully saturated rings. The van der Waals surface area contributed by atoms with E-state index in [2.05, 4.69) is 25.3 Å². The maximum Gasteiger partial charge on any atom is 0.128 e. The summed E-state index contributed by atoms with van der Waals surface area (Å²) in [5.74, 6) is 7.69. The first-order valence-corrected chi connectivity index (χ1v) is 15.7. The van der Waals surface area contributed by atoms with E-state index in [0.29, 0.717) is 9.79 Å². The van der Waals surface area contributed by atoms with E-state index < -0.39 is 0 Å². The third-order valence-electron chi connectivity index (χ3n) is 4.29. The Morgan fingerprint density at radius 3 is 1.43 bits per heavy atom. The second-order valence-corrected chi connectivity index (χ2v) is 12.8. The topological polar surface area (TPSA) is 40.5 Å². The molecule has 2 aromatic rings. The summed E-state index contributed by atoms with van der Waals surface area (Å²) in [6.45, 7) is 0. The van der Waals surface area contributed by atoms with E-state index in [4.69, 9.17) is 0 Å². The first-order valence-electron chi connectivity index (χ1n) is 9.98. The van der Waals surface area contributed by atoms with Crippen molar-refractivity contribution in [1.29, 1.82) is 0 Å². The Hall–Kier alpha value is 0.140. The number of benzene rings is 2. The Kier molecular flexibility index (Phi) is 14.0. The fourth-order valence-electron chi connectivity index (χ4n) is 2.71. The maximum atomic E-state index is 9.49. The van der Waals surface area contributed by atoms with Gasteiger partial charge in [0, 0.05) is 32.8 Å². The molecule has 0 unspecified atom stereocenters. The van der Waals surface area contributed by atoms with Crippen molar-refractivity contribution in [3.8, 4) is 11.5 Å². The van der Waals surface area contributed by atoms with Gasteiger partial charge >= 0.3 is 0 Å². The van der Waals surface area contributed by atoms with Crippen molar-refractivity contribution in [2.24, 2.45) is 0 Å². The van der Waals surface area contributed by atoms with E-state index in [9.17, 15) is 10.2 Å². The average Bonchev–Trinajstić information content (AvgIpc) is 2.73. The molecule has 0 saturated heterocycles. The van der Waals surface area contributed by atoms with Gasteiger partial charge in [0.2, 0.25) is 0 Å². The van der Waals surface area contributed by atoms with Crippen molar-refractivity contribution in [2.45, 2.75) is 35.5 Å². The highest BCUT2D eigenvalue weighted by molar-refractivity contribution is 8.76. The van der Waals surface area contributed by atoms with Crippen LogP contribution in [0.25, 0.3) is 0 Å². The number of phenolic OH excluding ortho intramolecular Hbond substituents is 2. The summed E-state index contributed by atoms with van der Waals surface area (Å²) in [6, 6.07) is 11.3. The van der Waals surface area contributed by atoms with Crippen molar-refractivity contribution < 1.29 is 10.2 Å². The van der Waals surface area contributed by atoms with Crippen LogP contribution < -0.4 is 0 Å². The second kappa shape index (κ2) is 15.9. The molecular formula is C22H30O2S6. The lowest BCUT2D eigenvalue weighted by atomic mass is 10.1. The Labute approximate surface area is 208 Å². The van der Waals surface area contributed by atoms with Crippen LogP contribution in [0.2, 0.25) is 0 Å². The van der Waals surface area contributed by atoms with Crippen molar-refractivity contribution >= 4 is 70.4 Å². The predicted octanol–water partition coefficient (Wildman–Crippen LogP) is 7.09. The van der Waals surface area contributed by atoms with Gasteiger partial charge in [0.15, 0.2) is 0 Å². The summed E-state index contributed by atoms with van der Waals surface area (Å²) in [4.78, 5) is 1.33. The van der Waals surface area contributed by atoms with Gasteiger partial charge in [-0.2, -0.15) is 23.5 Å². The van der Waals surface area contributed by atoms with E-state index in [-0.39, 0.29) is 11.5 Å². The van der Waals surface area contributed by atoms with Crippen molar-refractivity contribution in [3.05, 3.63) is 47.5 Å². The molecule has 0 heterocycles. The van der Waals surface area contributed by atoms with E-state index >= 15 is 0 Å². The first kappa shape index (κ1) is 26.4. The van der Waals surface area contributed by atoms with E-state index in [1.54, 1.807) is 12.1 Å². The van der Waals surface area contributed by atoms with Gasteiger partial charge in [-0.3, -0.25) is 0 Å². The second-order valence-electron chi connectivity index (χ2n) is 6.72. The standard InChI is InChI=1S/C22H30O2S6/c23-19-7-5-17(15-21(19)25)3-1-9-27-11-13-29-30-14-12-28-10-2-4-18-6-8-20(24)22(26)16-18/h5-8,15-16,23-26H,1-4,9-14H2. The highest BCUT2D eigenvalue weighted by Gasteiger charge is 2.01. The van der Waals surface area contributed by atoms with Gasteiger partial charge in [0.25, 0.3) is 0 Å². The molecular weight excluding hydrogens is 489 g/mol. The number of phenols is 2. The molecule has 0 amide bonds. The molecule has 0 radical (unpaired) electrons. The Morgan fingerprint density at radius 2 is 1.03 bits per heavy atom. The van der Waals surface area contributed by atoms with Crippen molar-refractivity contribution in [2.75, 3.05) is 34.5 Å². The lowest BCUT2D eigenvalue weighted by Crippen LogP contribution is -1.92. The average molecular weight is 519 g/mol. The van der Waals surface area contributed by atoms with Crippen LogP contribution in [0.5, 0.6) is 11.5 Å². The van der Waals surface area contributed by atoms with Crippen LogP contribution >= 0.6 is 70.4 Å². The van der Waals surface area contributed by atoms with E-state index in [1.165, 1.54) is 45.6 Å². The molecule has 2 nitrogen and oxygen atoms in total. The van der Waals surface area contributed by atoms with Gasteiger partial charge in [-0.05, 0) is 72.6 Å². The number of aromatic hydroxyl groups is 2. The van der Waals surface area contributed by atoms with Gasteiger partial charge < -0.3 is 10.2 Å². The molecule has 30 heavy (non-hydrogen) atoms. The van der Waals surface area contributed by atoms with Gasteiger partial charge in [-0.1, -0.05) is 33.7 Å². The molecule has 2 aromatic carbocycles. The van der Waals surface area contributed by atoms with E-state index in [1.807, 2.05) is 69.4 Å². The fraction of sp³-hybridized carbons (Fsp3) is 0.455. The van der Waals surface area contributed by atoms with Crippen LogP contribution in [-0.2, 0) is 12.8 Å². The largest absolute Gasteiger partial charge is 0.507 e. The Bertz CT molecular complexity index is 693. The quantitative estimate of drug-likeness (QED) is 0.115. The monoisotopic (exact) mass is 518 g/mol. The van der Waals surface area contributed by atoms with Gasteiger partial charge in [-0.15, -0.1) is 25.3 Å². The number of thiol groups is 2. The normalized spacial score (nSPS) is 11.1. The van der Waals surface area contributed by atoms with Crippen molar-refractivity contribution in [3.63, 3.8) is 0 Å². The SMILES string of the molecule is Oc1ccc(CCCSCCSSCCSCCCc2ccc(O)c(S)c2)cc1S. The lowest BCUT2D eigenvalue weighted by Gasteiger charge is -2.05. The highest BCUT2D eigenvalue weighted by Crippen LogP contribution is 2.26. The number of rotatable bonds is 15. The summed E-state index contributed by atoms with van der Waals surface area (Å²) < 4.78 is 0. The maximum absolute atomic E-state index is 9.49. The number of hydrogen-bond donors (Lipinski definition) is 4. The van der Waals surface area contributed by atoms with Crippen LogP contribution in [-0.4, -0.2) is 44.7 Å². The zero-order chi connectivity index (χ0) is 21.6. The molecule has 8 heteroatoms. The Balaban J connectivity index is 1.34. The lowest BCUT2D eigenvalue weighted by molar-refractivity contribution is 0.462. The van der Waals surface area contributed by atoms with Crippen LogP contribution in [0.3, 0.4) is 0 Å². The van der Waals surface area contributed by atoms with Crippen LogP contribution in [0.15, 0.2) is 46.2 Å². The first-order chi connectivity index (χ1) is 14.6. The zero-order valence-electron chi connectivity index (χ0n) is 17.0. The minimum absolute atomic E-state index is 0.255. The van der Waals surface area contributed by atoms with Crippen LogP contribution in [0.4, 0.5) is 0 Å². The summed E-state index contributed by atoms with van der Waals surface area (Å²) in [7, 11) is 3.97. The third kappa shape index (κ3) is 11.1. The molecule has 0 aliphatic carbocycles. The number of thioether (sulfide) groups is 2. The highest BCUT2D eigenvalue weighted by atomic mass is 33.1. The van der Waals surface area contributed by atoms with Crippen molar-refractivity contribution in [1.82, 2.24) is 0 Å². The Morgan fingerprint density at radius 1 is 0.600 bits per heavy atom. The molecule has 2 N–H and O–H groups in total. The van der Waals surface area contributed by atoms with E-state index in [0.717, 1.165) is 25.7 Å². The van der Waals surface area contributed by atoms with Crippen LogP contribution in [0.1, 0.15) is 24.0 Å². The molecule has 0 bridgehead atoms. The fourth-order valence-corrected chi connectivity index (χ4v) is 7.95. The summed E-state index contributed by atoms with van der Waals surface area (Å²) >= 11 is 12.6. The molecule has 0 spiro atoms. The summed E-state index contributed by atoms with van der Waals surface area (Å²) in [6.07, 6.45) is 4.41. The summed E-state index contributed by atoms with van der Waals surface area (Å²) in [5, 5.41) is 19.0. The smallest absolute Gasteiger partial charge is 0.128 e. The molecule has 2 rings (SSSR count). The zero-order valence-corrected chi connectivity index (χ0v) is 22.0. The molecule has 0 aliphatic rings. The number of hydrogen-bond acceptors (Lipinski definition) is 8. The van der Waals surface area contributed by atoms with Gasteiger partial charge in [-0.25, -0.2) is 0 Å². The van der Waals surface area contributed by atoms with Crippen LogP contribution in [0, 0.1) is 0 Å². The number of aryl methyl sites for hydroxylation is 2. The molecule has 0 aliphatic heterocycles. The molecule has 0 saturated carbocycles. The summed E-state index contributed by atoms with van der Waals surface area (Å²) in [5.41, 5.74) is 2.49. The third-order valence-corrected chi connectivity index (χ3v) is 10.1. The molecule has 0 atom stereocenters. The minimum Gasteiger partial charge on any atom is -0.507 e. The van der Waals surface area contributed by atoms with Gasteiger partial charge in [0.1, 0.15) is 11.5 Å². The minimum atomic E-state index is 0.255. The molecule has 0 aromatic heterocycles.